The maximum Gasteiger partial charge on any atom is 0.292 e. The Balaban J connectivity index is 2.82. The second-order valence-electron chi connectivity index (χ2n) is 4.12. The average molecular weight is 284 g/mol. The Morgan fingerprint density at radius 1 is 1.47 bits per heavy atom. The summed E-state index contributed by atoms with van der Waals surface area (Å²) in [6, 6.07) is 5.16. The Bertz CT molecular complexity index is 413. The summed E-state index contributed by atoms with van der Waals surface area (Å²) in [4.78, 5) is 10.7. The number of hydrogen-bond acceptors (Lipinski definition) is 5. The van der Waals surface area contributed by atoms with E-state index < -0.39 is 0 Å². The zero-order valence-corrected chi connectivity index (χ0v) is 11.9. The maximum atomic E-state index is 11.0. The first kappa shape index (κ1) is 15.8. The van der Waals surface area contributed by atoms with E-state index in [1.54, 1.807) is 17.8 Å². The molecule has 0 amide bonds. The van der Waals surface area contributed by atoms with E-state index in [0.717, 1.165) is 30.7 Å². The molecule has 0 radical (unpaired) electrons. The first-order valence-electron chi connectivity index (χ1n) is 6.39. The molecule has 0 spiro atoms. The van der Waals surface area contributed by atoms with Gasteiger partial charge in [0.2, 0.25) is 0 Å². The van der Waals surface area contributed by atoms with E-state index in [4.69, 9.17) is 5.11 Å². The number of nitro benzene ring substituents is 1. The Labute approximate surface area is 117 Å². The van der Waals surface area contributed by atoms with Gasteiger partial charge < -0.3 is 10.4 Å². The molecule has 0 fully saturated rings. The van der Waals surface area contributed by atoms with Crippen LogP contribution in [0.3, 0.4) is 0 Å². The van der Waals surface area contributed by atoms with Gasteiger partial charge in [-0.3, -0.25) is 10.1 Å². The minimum absolute atomic E-state index is 0.133. The molecular weight excluding hydrogens is 264 g/mol. The minimum Gasteiger partial charge on any atom is -0.396 e. The Morgan fingerprint density at radius 3 is 2.89 bits per heavy atom. The average Bonchev–Trinajstić information content (AvgIpc) is 2.41. The number of nitrogens with zero attached hydrogens (tertiary/aromatic N) is 1. The lowest BCUT2D eigenvalue weighted by atomic mass is 10.1. The predicted molar refractivity (Wildman–Crippen MR) is 79.7 cm³/mol. The fourth-order valence-electron chi connectivity index (χ4n) is 1.66. The van der Waals surface area contributed by atoms with Crippen LogP contribution in [0.4, 0.5) is 11.4 Å². The quantitative estimate of drug-likeness (QED) is 0.414. The van der Waals surface area contributed by atoms with Crippen molar-refractivity contribution in [2.24, 2.45) is 0 Å². The molecule has 6 heteroatoms. The second-order valence-corrected chi connectivity index (χ2v) is 5.23. The number of aliphatic hydroxyl groups is 1. The first-order chi connectivity index (χ1) is 9.20. The first-order valence-corrected chi connectivity index (χ1v) is 7.55. The molecule has 0 saturated carbocycles. The summed E-state index contributed by atoms with van der Waals surface area (Å²) in [6.07, 6.45) is 1.67. The van der Waals surface area contributed by atoms with Gasteiger partial charge in [0, 0.05) is 25.0 Å². The van der Waals surface area contributed by atoms with Crippen LogP contribution >= 0.6 is 11.8 Å². The summed E-state index contributed by atoms with van der Waals surface area (Å²) in [5.74, 6) is 1.57. The van der Waals surface area contributed by atoms with Crippen LogP contribution in [0.1, 0.15) is 25.3 Å². The van der Waals surface area contributed by atoms with Gasteiger partial charge in [-0.05, 0) is 24.2 Å². The Kier molecular flexibility index (Phi) is 7.28. The number of aliphatic hydroxyl groups excluding tert-OH is 1. The highest BCUT2D eigenvalue weighted by Gasteiger charge is 2.16. The van der Waals surface area contributed by atoms with E-state index >= 15 is 0 Å². The molecule has 0 aliphatic carbocycles. The number of anilines is 1. The zero-order chi connectivity index (χ0) is 14.1. The third-order valence-corrected chi connectivity index (χ3v) is 3.67. The topological polar surface area (TPSA) is 75.4 Å². The van der Waals surface area contributed by atoms with Gasteiger partial charge in [0.1, 0.15) is 5.69 Å². The molecule has 1 aromatic rings. The van der Waals surface area contributed by atoms with Crippen LogP contribution < -0.4 is 5.32 Å². The van der Waals surface area contributed by atoms with Crippen molar-refractivity contribution in [1.29, 1.82) is 0 Å². The van der Waals surface area contributed by atoms with Crippen molar-refractivity contribution in [3.05, 3.63) is 33.9 Å². The monoisotopic (exact) mass is 284 g/mol. The molecule has 19 heavy (non-hydrogen) atoms. The molecule has 0 atom stereocenters. The van der Waals surface area contributed by atoms with Crippen LogP contribution in [-0.2, 0) is 5.75 Å². The second kappa shape index (κ2) is 8.77. The third-order valence-electron chi connectivity index (χ3n) is 2.58. The van der Waals surface area contributed by atoms with Crippen molar-refractivity contribution < 1.29 is 10.0 Å². The molecule has 0 aliphatic rings. The van der Waals surface area contributed by atoms with Crippen molar-refractivity contribution in [3.8, 4) is 0 Å². The molecule has 0 bridgehead atoms. The number of benzene rings is 1. The van der Waals surface area contributed by atoms with Crippen LogP contribution in [0, 0.1) is 10.1 Å². The number of nitrogens with one attached hydrogen (secondary N) is 1. The summed E-state index contributed by atoms with van der Waals surface area (Å²) in [5.41, 5.74) is 1.71. The molecule has 0 saturated heterocycles. The molecule has 0 aliphatic heterocycles. The van der Waals surface area contributed by atoms with Crippen LogP contribution in [-0.4, -0.2) is 28.9 Å². The summed E-state index contributed by atoms with van der Waals surface area (Å²) in [5, 5.41) is 22.9. The van der Waals surface area contributed by atoms with E-state index in [2.05, 4.69) is 5.32 Å². The SMILES string of the molecule is CCCNc1c(CSCCCO)cccc1[N+](=O)[O-]. The largest absolute Gasteiger partial charge is 0.396 e. The lowest BCUT2D eigenvalue weighted by Crippen LogP contribution is -2.06. The molecule has 5 nitrogen and oxygen atoms in total. The number of para-hydroxylation sites is 1. The summed E-state index contributed by atoms with van der Waals surface area (Å²) < 4.78 is 0. The lowest BCUT2D eigenvalue weighted by molar-refractivity contribution is -0.384. The summed E-state index contributed by atoms with van der Waals surface area (Å²) in [7, 11) is 0. The van der Waals surface area contributed by atoms with Crippen LogP contribution in [0.15, 0.2) is 18.2 Å². The smallest absolute Gasteiger partial charge is 0.292 e. The number of thioether (sulfide) groups is 1. The number of nitro groups is 1. The molecular formula is C13H20N2O3S. The molecule has 0 aromatic heterocycles. The van der Waals surface area contributed by atoms with Crippen LogP contribution in [0.2, 0.25) is 0 Å². The van der Waals surface area contributed by atoms with E-state index in [1.165, 1.54) is 6.07 Å². The van der Waals surface area contributed by atoms with Crippen LogP contribution in [0.25, 0.3) is 0 Å². The maximum absolute atomic E-state index is 11.0. The highest BCUT2D eigenvalue weighted by Crippen LogP contribution is 2.30. The van der Waals surface area contributed by atoms with Crippen molar-refractivity contribution in [2.75, 3.05) is 24.2 Å². The van der Waals surface area contributed by atoms with Crippen molar-refractivity contribution >= 4 is 23.1 Å². The van der Waals surface area contributed by atoms with Gasteiger partial charge in [-0.25, -0.2) is 0 Å². The normalized spacial score (nSPS) is 10.4. The predicted octanol–water partition coefficient (Wildman–Crippen LogP) is 3.03. The van der Waals surface area contributed by atoms with E-state index in [9.17, 15) is 10.1 Å². The highest BCUT2D eigenvalue weighted by molar-refractivity contribution is 7.98. The minimum atomic E-state index is -0.347. The van der Waals surface area contributed by atoms with Crippen molar-refractivity contribution in [2.45, 2.75) is 25.5 Å². The van der Waals surface area contributed by atoms with Gasteiger partial charge >= 0.3 is 0 Å². The van der Waals surface area contributed by atoms with Crippen molar-refractivity contribution in [3.63, 3.8) is 0 Å². The fourth-order valence-corrected chi connectivity index (χ4v) is 2.60. The Hall–Kier alpha value is -1.27. The fraction of sp³-hybridized carbons (Fsp3) is 0.538. The zero-order valence-electron chi connectivity index (χ0n) is 11.1. The molecule has 0 heterocycles. The Morgan fingerprint density at radius 2 is 2.26 bits per heavy atom. The van der Waals surface area contributed by atoms with Gasteiger partial charge in [-0.2, -0.15) is 11.8 Å². The molecule has 0 unspecified atom stereocenters. The van der Waals surface area contributed by atoms with Gasteiger partial charge in [-0.1, -0.05) is 19.1 Å². The van der Waals surface area contributed by atoms with Crippen molar-refractivity contribution in [1.82, 2.24) is 0 Å². The number of rotatable bonds is 9. The molecule has 1 aromatic carbocycles. The van der Waals surface area contributed by atoms with E-state index in [0.29, 0.717) is 11.4 Å². The molecule has 1 rings (SSSR count). The summed E-state index contributed by atoms with van der Waals surface area (Å²) in [6.45, 7) is 2.93. The molecule has 106 valence electrons. The van der Waals surface area contributed by atoms with E-state index in [1.807, 2.05) is 13.0 Å². The summed E-state index contributed by atoms with van der Waals surface area (Å²) >= 11 is 1.68. The number of hydrogen-bond donors (Lipinski definition) is 2. The van der Waals surface area contributed by atoms with E-state index in [-0.39, 0.29) is 17.2 Å². The lowest BCUT2D eigenvalue weighted by Gasteiger charge is -2.11. The van der Waals surface area contributed by atoms with Gasteiger partial charge in [0.05, 0.1) is 4.92 Å². The van der Waals surface area contributed by atoms with Gasteiger partial charge in [-0.15, -0.1) is 0 Å². The van der Waals surface area contributed by atoms with Gasteiger partial charge in [0.25, 0.3) is 5.69 Å². The highest BCUT2D eigenvalue weighted by atomic mass is 32.2. The van der Waals surface area contributed by atoms with Gasteiger partial charge in [0.15, 0.2) is 0 Å². The standard InChI is InChI=1S/C13H20N2O3S/c1-2-7-14-13-11(10-19-9-4-8-16)5-3-6-12(13)15(17)18/h3,5-6,14,16H,2,4,7-10H2,1H3. The van der Waals surface area contributed by atoms with Crippen LogP contribution in [0.5, 0.6) is 0 Å². The third kappa shape index (κ3) is 5.08. The molecule has 2 N–H and O–H groups in total.